The minimum atomic E-state index is -2.45. The lowest BCUT2D eigenvalue weighted by atomic mass is 10.1. The van der Waals surface area contributed by atoms with E-state index in [9.17, 15) is 8.78 Å². The molecule has 2 aromatic heterocycles. The SMILES string of the molecule is CCc1cc(NCc2ccc(C(F)F)cc2)nc(-c2ccncc2)n1. The average molecular weight is 340 g/mol. The quantitative estimate of drug-likeness (QED) is 0.709. The number of pyridine rings is 1. The Morgan fingerprint density at radius 1 is 1.00 bits per heavy atom. The Hall–Kier alpha value is -2.89. The third kappa shape index (κ3) is 4.35. The molecule has 1 aromatic carbocycles. The van der Waals surface area contributed by atoms with Gasteiger partial charge in [0.25, 0.3) is 6.43 Å². The van der Waals surface area contributed by atoms with Crippen molar-refractivity contribution in [1.82, 2.24) is 15.0 Å². The van der Waals surface area contributed by atoms with E-state index in [-0.39, 0.29) is 5.56 Å². The fourth-order valence-electron chi connectivity index (χ4n) is 2.37. The molecule has 0 radical (unpaired) electrons. The van der Waals surface area contributed by atoms with Gasteiger partial charge in [0.1, 0.15) is 5.82 Å². The van der Waals surface area contributed by atoms with Gasteiger partial charge in [0, 0.05) is 41.8 Å². The monoisotopic (exact) mass is 340 g/mol. The first kappa shape index (κ1) is 17.0. The summed E-state index contributed by atoms with van der Waals surface area (Å²) in [5.74, 6) is 1.34. The van der Waals surface area contributed by atoms with Crippen LogP contribution in [0.1, 0.15) is 30.2 Å². The van der Waals surface area contributed by atoms with E-state index in [1.54, 1.807) is 24.5 Å². The van der Waals surface area contributed by atoms with E-state index in [0.29, 0.717) is 18.2 Å². The van der Waals surface area contributed by atoms with Crippen LogP contribution in [-0.2, 0) is 13.0 Å². The third-order valence-electron chi connectivity index (χ3n) is 3.79. The molecular formula is C19H18F2N4. The summed E-state index contributed by atoms with van der Waals surface area (Å²) in [7, 11) is 0. The molecule has 4 nitrogen and oxygen atoms in total. The second-order valence-electron chi connectivity index (χ2n) is 5.55. The van der Waals surface area contributed by atoms with Gasteiger partial charge in [-0.3, -0.25) is 4.98 Å². The minimum absolute atomic E-state index is 0.0269. The summed E-state index contributed by atoms with van der Waals surface area (Å²) in [6, 6.07) is 11.9. The molecule has 2 heterocycles. The number of alkyl halides is 2. The number of aryl methyl sites for hydroxylation is 1. The van der Waals surface area contributed by atoms with Crippen LogP contribution >= 0.6 is 0 Å². The molecule has 0 fully saturated rings. The van der Waals surface area contributed by atoms with Gasteiger partial charge < -0.3 is 5.32 Å². The second-order valence-corrected chi connectivity index (χ2v) is 5.55. The highest BCUT2D eigenvalue weighted by Gasteiger charge is 2.08. The lowest BCUT2D eigenvalue weighted by Crippen LogP contribution is -2.05. The Morgan fingerprint density at radius 2 is 1.72 bits per heavy atom. The summed E-state index contributed by atoms with van der Waals surface area (Å²) in [6.45, 7) is 2.53. The Kier molecular flexibility index (Phi) is 5.28. The topological polar surface area (TPSA) is 50.7 Å². The number of anilines is 1. The van der Waals surface area contributed by atoms with Gasteiger partial charge in [-0.2, -0.15) is 0 Å². The van der Waals surface area contributed by atoms with Crippen molar-refractivity contribution < 1.29 is 8.78 Å². The van der Waals surface area contributed by atoms with Crippen molar-refractivity contribution in [2.75, 3.05) is 5.32 Å². The molecule has 0 saturated carbocycles. The van der Waals surface area contributed by atoms with Crippen LogP contribution in [0.4, 0.5) is 14.6 Å². The van der Waals surface area contributed by atoms with E-state index in [0.717, 1.165) is 23.2 Å². The molecule has 0 saturated heterocycles. The van der Waals surface area contributed by atoms with Gasteiger partial charge in [0.15, 0.2) is 5.82 Å². The van der Waals surface area contributed by atoms with Crippen LogP contribution in [0.5, 0.6) is 0 Å². The van der Waals surface area contributed by atoms with Crippen molar-refractivity contribution >= 4 is 5.82 Å². The van der Waals surface area contributed by atoms with Crippen LogP contribution in [-0.4, -0.2) is 15.0 Å². The molecule has 6 heteroatoms. The number of rotatable bonds is 6. The molecule has 128 valence electrons. The number of hydrogen-bond donors (Lipinski definition) is 1. The maximum absolute atomic E-state index is 12.6. The fourth-order valence-corrected chi connectivity index (χ4v) is 2.37. The zero-order valence-electron chi connectivity index (χ0n) is 13.8. The molecule has 0 spiro atoms. The maximum atomic E-state index is 12.6. The molecule has 0 unspecified atom stereocenters. The first-order valence-corrected chi connectivity index (χ1v) is 8.05. The fraction of sp³-hybridized carbons (Fsp3) is 0.211. The predicted octanol–water partition coefficient (Wildman–Crippen LogP) is 4.65. The van der Waals surface area contributed by atoms with E-state index < -0.39 is 6.43 Å². The van der Waals surface area contributed by atoms with Gasteiger partial charge in [-0.25, -0.2) is 18.7 Å². The van der Waals surface area contributed by atoms with Crippen molar-refractivity contribution in [3.8, 4) is 11.4 Å². The average Bonchev–Trinajstić information content (AvgIpc) is 2.67. The molecule has 3 rings (SSSR count). The second kappa shape index (κ2) is 7.79. The minimum Gasteiger partial charge on any atom is -0.366 e. The number of nitrogens with one attached hydrogen (secondary N) is 1. The summed E-state index contributed by atoms with van der Waals surface area (Å²) >= 11 is 0. The van der Waals surface area contributed by atoms with Crippen LogP contribution < -0.4 is 5.32 Å². The Bertz CT molecular complexity index is 821. The van der Waals surface area contributed by atoms with Gasteiger partial charge in [0.05, 0.1) is 0 Å². The van der Waals surface area contributed by atoms with Crippen LogP contribution in [0.15, 0.2) is 54.9 Å². The first-order chi connectivity index (χ1) is 12.2. The number of benzene rings is 1. The van der Waals surface area contributed by atoms with Gasteiger partial charge in [-0.05, 0) is 24.1 Å². The Labute approximate surface area is 145 Å². The normalized spacial score (nSPS) is 10.9. The van der Waals surface area contributed by atoms with Gasteiger partial charge in [0.2, 0.25) is 0 Å². The molecule has 0 aliphatic heterocycles. The summed E-state index contributed by atoms with van der Waals surface area (Å²) in [4.78, 5) is 13.1. The Balaban J connectivity index is 1.77. The first-order valence-electron chi connectivity index (χ1n) is 8.05. The lowest BCUT2D eigenvalue weighted by molar-refractivity contribution is 0.151. The molecular weight excluding hydrogens is 322 g/mol. The molecule has 0 aliphatic rings. The number of halogens is 2. The maximum Gasteiger partial charge on any atom is 0.263 e. The van der Waals surface area contributed by atoms with Crippen molar-refractivity contribution in [3.05, 3.63) is 71.7 Å². The highest BCUT2D eigenvalue weighted by Crippen LogP contribution is 2.20. The largest absolute Gasteiger partial charge is 0.366 e. The van der Waals surface area contributed by atoms with E-state index in [4.69, 9.17) is 0 Å². The standard InChI is InChI=1S/C19H18F2N4/c1-2-16-11-17(25-19(24-16)15-7-9-22-10-8-15)23-12-13-3-5-14(6-4-13)18(20)21/h3-11,18H,2,12H2,1H3,(H,23,24,25). The van der Waals surface area contributed by atoms with Gasteiger partial charge in [-0.15, -0.1) is 0 Å². The van der Waals surface area contributed by atoms with Crippen molar-refractivity contribution in [3.63, 3.8) is 0 Å². The zero-order chi connectivity index (χ0) is 17.6. The number of aromatic nitrogens is 3. The molecule has 3 aromatic rings. The molecule has 0 atom stereocenters. The predicted molar refractivity (Wildman–Crippen MR) is 93.4 cm³/mol. The van der Waals surface area contributed by atoms with Crippen LogP contribution in [0.3, 0.4) is 0 Å². The van der Waals surface area contributed by atoms with Gasteiger partial charge in [-0.1, -0.05) is 31.2 Å². The third-order valence-corrected chi connectivity index (χ3v) is 3.79. The van der Waals surface area contributed by atoms with E-state index in [1.165, 1.54) is 12.1 Å². The number of hydrogen-bond acceptors (Lipinski definition) is 4. The van der Waals surface area contributed by atoms with E-state index >= 15 is 0 Å². The highest BCUT2D eigenvalue weighted by molar-refractivity contribution is 5.56. The zero-order valence-corrected chi connectivity index (χ0v) is 13.8. The number of nitrogens with zero attached hydrogens (tertiary/aromatic N) is 3. The summed E-state index contributed by atoms with van der Waals surface area (Å²) in [5, 5.41) is 3.24. The van der Waals surface area contributed by atoms with Crippen molar-refractivity contribution in [2.45, 2.75) is 26.3 Å². The van der Waals surface area contributed by atoms with Gasteiger partial charge >= 0.3 is 0 Å². The molecule has 0 amide bonds. The summed E-state index contributed by atoms with van der Waals surface area (Å²) in [5.41, 5.74) is 2.76. The van der Waals surface area contributed by atoms with E-state index in [2.05, 4.69) is 20.3 Å². The lowest BCUT2D eigenvalue weighted by Gasteiger charge is -2.10. The molecule has 25 heavy (non-hydrogen) atoms. The van der Waals surface area contributed by atoms with Crippen molar-refractivity contribution in [2.24, 2.45) is 0 Å². The van der Waals surface area contributed by atoms with Crippen LogP contribution in [0.25, 0.3) is 11.4 Å². The molecule has 0 bridgehead atoms. The Morgan fingerprint density at radius 3 is 2.36 bits per heavy atom. The van der Waals surface area contributed by atoms with Crippen LogP contribution in [0.2, 0.25) is 0 Å². The smallest absolute Gasteiger partial charge is 0.263 e. The highest BCUT2D eigenvalue weighted by atomic mass is 19.3. The summed E-state index contributed by atoms with van der Waals surface area (Å²) in [6.07, 6.45) is 1.75. The molecule has 0 aliphatic carbocycles. The molecule has 1 N–H and O–H groups in total. The van der Waals surface area contributed by atoms with Crippen LogP contribution in [0, 0.1) is 0 Å². The van der Waals surface area contributed by atoms with E-state index in [1.807, 2.05) is 25.1 Å². The van der Waals surface area contributed by atoms with Crippen molar-refractivity contribution in [1.29, 1.82) is 0 Å². The summed E-state index contributed by atoms with van der Waals surface area (Å²) < 4.78 is 25.2.